The van der Waals surface area contributed by atoms with Crippen molar-refractivity contribution in [1.82, 2.24) is 4.31 Å². The quantitative estimate of drug-likeness (QED) is 0.567. The Balaban J connectivity index is 1.66. The summed E-state index contributed by atoms with van der Waals surface area (Å²) in [6.45, 7) is 2.74. The molecule has 33 heavy (non-hydrogen) atoms. The topological polar surface area (TPSA) is 106 Å². The first-order chi connectivity index (χ1) is 15.8. The average molecular weight is 471 g/mol. The number of carbonyl (C=O) groups excluding carboxylic acids is 1. The Morgan fingerprint density at radius 1 is 1.03 bits per heavy atom. The SMILES string of the molecule is COc1ccc(S(=O)(=O)N2CCCCCC2)cc1C(=O)Nc1ccc2c(C)cc(=O)oc2c1. The van der Waals surface area contributed by atoms with E-state index >= 15 is 0 Å². The van der Waals surface area contributed by atoms with Crippen LogP contribution in [0.3, 0.4) is 0 Å². The fourth-order valence-electron chi connectivity index (χ4n) is 4.06. The summed E-state index contributed by atoms with van der Waals surface area (Å²) in [5.74, 6) is -0.278. The summed E-state index contributed by atoms with van der Waals surface area (Å²) in [7, 11) is -2.31. The summed E-state index contributed by atoms with van der Waals surface area (Å²) in [5.41, 5.74) is 1.15. The lowest BCUT2D eigenvalue weighted by Gasteiger charge is -2.20. The fraction of sp³-hybridized carbons (Fsp3) is 0.333. The van der Waals surface area contributed by atoms with E-state index in [1.807, 2.05) is 0 Å². The Labute approximate surface area is 192 Å². The number of fused-ring (bicyclic) bond motifs is 1. The Hall–Kier alpha value is -3.17. The van der Waals surface area contributed by atoms with Gasteiger partial charge in [0.05, 0.1) is 17.6 Å². The zero-order chi connectivity index (χ0) is 23.6. The van der Waals surface area contributed by atoms with Crippen molar-refractivity contribution in [2.75, 3.05) is 25.5 Å². The molecule has 1 aliphatic heterocycles. The highest BCUT2D eigenvalue weighted by Crippen LogP contribution is 2.28. The van der Waals surface area contributed by atoms with Gasteiger partial charge in [0.15, 0.2) is 0 Å². The molecular weight excluding hydrogens is 444 g/mol. The van der Waals surface area contributed by atoms with Crippen LogP contribution in [0.5, 0.6) is 5.75 Å². The molecule has 2 heterocycles. The number of anilines is 1. The van der Waals surface area contributed by atoms with Crippen molar-refractivity contribution in [3.8, 4) is 5.75 Å². The van der Waals surface area contributed by atoms with Gasteiger partial charge in [0.25, 0.3) is 5.91 Å². The first-order valence-corrected chi connectivity index (χ1v) is 12.3. The normalized spacial score (nSPS) is 15.2. The molecule has 8 nitrogen and oxygen atoms in total. The first-order valence-electron chi connectivity index (χ1n) is 10.8. The van der Waals surface area contributed by atoms with Crippen molar-refractivity contribution in [1.29, 1.82) is 0 Å². The van der Waals surface area contributed by atoms with Gasteiger partial charge in [-0.05, 0) is 55.7 Å². The number of methoxy groups -OCH3 is 1. The second-order valence-corrected chi connectivity index (χ2v) is 10.0. The molecule has 0 saturated carbocycles. The molecule has 1 amide bonds. The molecule has 9 heteroatoms. The van der Waals surface area contributed by atoms with Crippen LogP contribution >= 0.6 is 0 Å². The highest BCUT2D eigenvalue weighted by molar-refractivity contribution is 7.89. The largest absolute Gasteiger partial charge is 0.496 e. The third-order valence-corrected chi connectivity index (χ3v) is 7.72. The standard InChI is InChI=1S/C24H26N2O6S/c1-16-13-23(27)32-22-14-17(7-9-19(16)22)25-24(28)20-15-18(8-10-21(20)31-2)33(29,30)26-11-5-3-4-6-12-26/h7-10,13-15H,3-6,11-12H2,1-2H3,(H,25,28). The number of sulfonamides is 1. The van der Waals surface area contributed by atoms with Crippen LogP contribution in [0.25, 0.3) is 11.0 Å². The number of carbonyl (C=O) groups is 1. The second-order valence-electron chi connectivity index (χ2n) is 8.09. The molecule has 0 radical (unpaired) electrons. The minimum absolute atomic E-state index is 0.0514. The molecule has 1 aliphatic rings. The zero-order valence-corrected chi connectivity index (χ0v) is 19.4. The molecule has 1 saturated heterocycles. The van der Waals surface area contributed by atoms with Crippen molar-refractivity contribution in [3.05, 3.63) is 64.0 Å². The molecule has 0 bridgehead atoms. The summed E-state index contributed by atoms with van der Waals surface area (Å²) < 4.78 is 38.4. The van der Waals surface area contributed by atoms with Crippen LogP contribution in [0.1, 0.15) is 41.6 Å². The average Bonchev–Trinajstić information content (AvgIpc) is 3.08. The predicted octanol–water partition coefficient (Wildman–Crippen LogP) is 3.93. The molecule has 3 aromatic rings. The van der Waals surface area contributed by atoms with E-state index in [0.29, 0.717) is 24.4 Å². The lowest BCUT2D eigenvalue weighted by atomic mass is 10.1. The summed E-state index contributed by atoms with van der Waals surface area (Å²) in [5, 5.41) is 3.50. The van der Waals surface area contributed by atoms with E-state index < -0.39 is 21.6 Å². The maximum Gasteiger partial charge on any atom is 0.336 e. The van der Waals surface area contributed by atoms with Crippen molar-refractivity contribution in [2.24, 2.45) is 0 Å². The molecular formula is C24H26N2O6S. The van der Waals surface area contributed by atoms with Crippen molar-refractivity contribution >= 4 is 32.6 Å². The molecule has 0 aliphatic carbocycles. The number of amides is 1. The number of hydrogen-bond donors (Lipinski definition) is 1. The number of aryl methyl sites for hydroxylation is 1. The highest BCUT2D eigenvalue weighted by Gasteiger charge is 2.27. The second kappa shape index (κ2) is 9.36. The fourth-order valence-corrected chi connectivity index (χ4v) is 5.60. The van der Waals surface area contributed by atoms with Gasteiger partial charge >= 0.3 is 5.63 Å². The number of ether oxygens (including phenoxy) is 1. The Bertz CT molecular complexity index is 1360. The smallest absolute Gasteiger partial charge is 0.336 e. The third-order valence-electron chi connectivity index (χ3n) is 5.83. The number of nitrogens with zero attached hydrogens (tertiary/aromatic N) is 1. The number of rotatable bonds is 5. The predicted molar refractivity (Wildman–Crippen MR) is 125 cm³/mol. The van der Waals surface area contributed by atoms with Gasteiger partial charge in [0.1, 0.15) is 11.3 Å². The van der Waals surface area contributed by atoms with E-state index in [4.69, 9.17) is 9.15 Å². The van der Waals surface area contributed by atoms with E-state index in [9.17, 15) is 18.0 Å². The number of benzene rings is 2. The van der Waals surface area contributed by atoms with Gasteiger partial charge in [0, 0.05) is 36.3 Å². The minimum Gasteiger partial charge on any atom is -0.496 e. The molecule has 1 aromatic heterocycles. The summed E-state index contributed by atoms with van der Waals surface area (Å²) >= 11 is 0. The van der Waals surface area contributed by atoms with Gasteiger partial charge in [-0.2, -0.15) is 4.31 Å². The summed E-state index contributed by atoms with van der Waals surface area (Å²) in [6, 6.07) is 10.7. The molecule has 2 aromatic carbocycles. The monoisotopic (exact) mass is 470 g/mol. The van der Waals surface area contributed by atoms with Gasteiger partial charge in [-0.25, -0.2) is 13.2 Å². The molecule has 1 fully saturated rings. The van der Waals surface area contributed by atoms with E-state index in [1.54, 1.807) is 25.1 Å². The van der Waals surface area contributed by atoms with Crippen molar-refractivity contribution in [3.63, 3.8) is 0 Å². The maximum absolute atomic E-state index is 13.2. The van der Waals surface area contributed by atoms with Gasteiger partial charge in [-0.3, -0.25) is 4.79 Å². The zero-order valence-electron chi connectivity index (χ0n) is 18.6. The first kappa shape index (κ1) is 23.0. The Morgan fingerprint density at radius 3 is 2.45 bits per heavy atom. The molecule has 0 unspecified atom stereocenters. The van der Waals surface area contributed by atoms with Gasteiger partial charge in [-0.1, -0.05) is 12.8 Å². The van der Waals surface area contributed by atoms with Crippen LogP contribution in [0, 0.1) is 6.92 Å². The van der Waals surface area contributed by atoms with E-state index in [2.05, 4.69) is 5.32 Å². The molecule has 174 valence electrons. The van der Waals surface area contributed by atoms with E-state index in [1.165, 1.54) is 35.7 Å². The number of hydrogen-bond acceptors (Lipinski definition) is 6. The third kappa shape index (κ3) is 4.79. The van der Waals surface area contributed by atoms with Gasteiger partial charge < -0.3 is 14.5 Å². The van der Waals surface area contributed by atoms with E-state index in [0.717, 1.165) is 36.6 Å². The summed E-state index contributed by atoms with van der Waals surface area (Å²) in [6.07, 6.45) is 3.65. The molecule has 4 rings (SSSR count). The molecule has 0 spiro atoms. The van der Waals surface area contributed by atoms with Crippen LogP contribution in [-0.4, -0.2) is 38.8 Å². The van der Waals surface area contributed by atoms with Crippen LogP contribution in [0.4, 0.5) is 5.69 Å². The van der Waals surface area contributed by atoms with Crippen LogP contribution in [0.15, 0.2) is 56.6 Å². The molecule has 0 atom stereocenters. The van der Waals surface area contributed by atoms with Gasteiger partial charge in [0.2, 0.25) is 10.0 Å². The number of nitrogens with one attached hydrogen (secondary N) is 1. The highest BCUT2D eigenvalue weighted by atomic mass is 32.2. The Morgan fingerprint density at radius 2 is 1.76 bits per heavy atom. The maximum atomic E-state index is 13.2. The van der Waals surface area contributed by atoms with Crippen molar-refractivity contribution in [2.45, 2.75) is 37.5 Å². The minimum atomic E-state index is -3.73. The van der Waals surface area contributed by atoms with Crippen molar-refractivity contribution < 1.29 is 22.4 Å². The van der Waals surface area contributed by atoms with Crippen LogP contribution in [0.2, 0.25) is 0 Å². The van der Waals surface area contributed by atoms with Gasteiger partial charge in [-0.15, -0.1) is 0 Å². The Kier molecular flexibility index (Phi) is 6.53. The lowest BCUT2D eigenvalue weighted by molar-refractivity contribution is 0.102. The van der Waals surface area contributed by atoms with E-state index in [-0.39, 0.29) is 16.2 Å². The van der Waals surface area contributed by atoms with Crippen LogP contribution in [-0.2, 0) is 10.0 Å². The van der Waals surface area contributed by atoms with Crippen LogP contribution < -0.4 is 15.7 Å². The lowest BCUT2D eigenvalue weighted by Crippen LogP contribution is -2.32. The molecule has 1 N–H and O–H groups in total. The summed E-state index contributed by atoms with van der Waals surface area (Å²) in [4.78, 5) is 24.8.